The lowest BCUT2D eigenvalue weighted by atomic mass is 10.0. The highest BCUT2D eigenvalue weighted by Crippen LogP contribution is 2.17. The Balaban J connectivity index is 2.04. The van der Waals surface area contributed by atoms with Gasteiger partial charge in [-0.25, -0.2) is 0 Å². The van der Waals surface area contributed by atoms with Crippen molar-refractivity contribution >= 4 is 0 Å². The summed E-state index contributed by atoms with van der Waals surface area (Å²) in [6.45, 7) is 9.48. The number of hydrogen-bond acceptors (Lipinski definition) is 2. The molecule has 2 aromatic rings. The van der Waals surface area contributed by atoms with Crippen LogP contribution in [-0.2, 0) is 6.54 Å². The molecule has 1 N–H and O–H groups in total. The van der Waals surface area contributed by atoms with Gasteiger partial charge in [0, 0.05) is 6.54 Å². The molecule has 1 atom stereocenters. The average Bonchev–Trinajstić information content (AvgIpc) is 2.85. The lowest BCUT2D eigenvalue weighted by Gasteiger charge is -2.14. The molecule has 1 unspecified atom stereocenters. The molecule has 2 nitrogen and oxygen atoms in total. The molecule has 2 rings (SSSR count). The van der Waals surface area contributed by atoms with E-state index in [0.717, 1.165) is 12.3 Å². The fourth-order valence-electron chi connectivity index (χ4n) is 2.11. The molecule has 18 heavy (non-hydrogen) atoms. The minimum Gasteiger partial charge on any atom is -0.468 e. The highest BCUT2D eigenvalue weighted by molar-refractivity contribution is 5.36. The molecule has 2 heteroatoms. The summed E-state index contributed by atoms with van der Waals surface area (Å²) >= 11 is 0. The second-order valence-electron chi connectivity index (χ2n) is 4.98. The summed E-state index contributed by atoms with van der Waals surface area (Å²) in [5.74, 6) is 0.983. The Morgan fingerprint density at radius 3 is 2.50 bits per heavy atom. The maximum absolute atomic E-state index is 5.39. The first kappa shape index (κ1) is 12.9. The van der Waals surface area contributed by atoms with E-state index in [2.05, 4.69) is 45.1 Å². The number of rotatable bonds is 4. The standard InChI is InChI=1S/C16H21NO/c1-11-8-13(3)15(9-12(11)2)10-17-14(4)16-6-5-7-18-16/h5-9,14,17H,10H2,1-4H3. The minimum absolute atomic E-state index is 0.237. The molecule has 1 heterocycles. The second-order valence-corrected chi connectivity index (χ2v) is 4.98. The summed E-state index contributed by atoms with van der Waals surface area (Å²) in [4.78, 5) is 0. The first-order chi connectivity index (χ1) is 8.58. The molecule has 0 fully saturated rings. The summed E-state index contributed by atoms with van der Waals surface area (Å²) in [5.41, 5.74) is 5.41. The lowest BCUT2D eigenvalue weighted by Crippen LogP contribution is -2.18. The van der Waals surface area contributed by atoms with E-state index in [1.54, 1.807) is 6.26 Å². The lowest BCUT2D eigenvalue weighted by molar-refractivity contribution is 0.430. The van der Waals surface area contributed by atoms with Crippen LogP contribution in [0.3, 0.4) is 0 Å². The third kappa shape index (κ3) is 2.82. The summed E-state index contributed by atoms with van der Waals surface area (Å²) in [5, 5.41) is 3.50. The van der Waals surface area contributed by atoms with Gasteiger partial charge < -0.3 is 9.73 Å². The first-order valence-electron chi connectivity index (χ1n) is 6.41. The van der Waals surface area contributed by atoms with Crippen molar-refractivity contribution in [3.63, 3.8) is 0 Å². The Kier molecular flexibility index (Phi) is 3.87. The first-order valence-corrected chi connectivity index (χ1v) is 6.41. The molecular weight excluding hydrogens is 222 g/mol. The van der Waals surface area contributed by atoms with Crippen LogP contribution in [0.25, 0.3) is 0 Å². The summed E-state index contributed by atoms with van der Waals surface area (Å²) < 4.78 is 5.39. The van der Waals surface area contributed by atoms with Gasteiger partial charge >= 0.3 is 0 Å². The molecule has 0 bridgehead atoms. The zero-order valence-electron chi connectivity index (χ0n) is 11.6. The van der Waals surface area contributed by atoms with Crippen molar-refractivity contribution in [3.8, 4) is 0 Å². The van der Waals surface area contributed by atoms with Crippen LogP contribution in [0.15, 0.2) is 34.9 Å². The van der Waals surface area contributed by atoms with E-state index < -0.39 is 0 Å². The van der Waals surface area contributed by atoms with Gasteiger partial charge in [0.25, 0.3) is 0 Å². The third-order valence-corrected chi connectivity index (χ3v) is 3.52. The highest BCUT2D eigenvalue weighted by Gasteiger charge is 2.08. The van der Waals surface area contributed by atoms with Crippen molar-refractivity contribution in [3.05, 3.63) is 58.5 Å². The summed E-state index contributed by atoms with van der Waals surface area (Å²) in [6.07, 6.45) is 1.72. The van der Waals surface area contributed by atoms with Crippen molar-refractivity contribution in [1.82, 2.24) is 5.32 Å². The van der Waals surface area contributed by atoms with Crippen molar-refractivity contribution < 1.29 is 4.42 Å². The van der Waals surface area contributed by atoms with Gasteiger partial charge in [-0.1, -0.05) is 12.1 Å². The van der Waals surface area contributed by atoms with Crippen LogP contribution in [0, 0.1) is 20.8 Å². The largest absolute Gasteiger partial charge is 0.468 e. The van der Waals surface area contributed by atoms with Crippen molar-refractivity contribution in [2.45, 2.75) is 40.3 Å². The zero-order valence-corrected chi connectivity index (χ0v) is 11.6. The van der Waals surface area contributed by atoms with Gasteiger partial charge in [-0.3, -0.25) is 0 Å². The molecule has 96 valence electrons. The van der Waals surface area contributed by atoms with Gasteiger partial charge in [-0.05, 0) is 62.1 Å². The maximum Gasteiger partial charge on any atom is 0.120 e. The molecule has 0 radical (unpaired) electrons. The van der Waals surface area contributed by atoms with E-state index in [9.17, 15) is 0 Å². The number of nitrogens with one attached hydrogen (secondary N) is 1. The maximum atomic E-state index is 5.39. The Bertz CT molecular complexity index is 514. The fourth-order valence-corrected chi connectivity index (χ4v) is 2.11. The third-order valence-electron chi connectivity index (χ3n) is 3.52. The number of benzene rings is 1. The van der Waals surface area contributed by atoms with Gasteiger partial charge in [0.1, 0.15) is 5.76 Å². The summed E-state index contributed by atoms with van der Waals surface area (Å²) in [6, 6.07) is 8.69. The smallest absolute Gasteiger partial charge is 0.120 e. The van der Waals surface area contributed by atoms with Crippen LogP contribution < -0.4 is 5.32 Å². The Labute approximate surface area is 109 Å². The van der Waals surface area contributed by atoms with Crippen LogP contribution in [0.5, 0.6) is 0 Å². The monoisotopic (exact) mass is 243 g/mol. The predicted octanol–water partition coefficient (Wildman–Crippen LogP) is 4.06. The molecular formula is C16H21NO. The van der Waals surface area contributed by atoms with Crippen LogP contribution >= 0.6 is 0 Å². The zero-order chi connectivity index (χ0) is 13.1. The van der Waals surface area contributed by atoms with Crippen LogP contribution in [0.2, 0.25) is 0 Å². The van der Waals surface area contributed by atoms with E-state index in [1.165, 1.54) is 22.3 Å². The Morgan fingerprint density at radius 2 is 1.83 bits per heavy atom. The molecule has 0 saturated heterocycles. The number of furan rings is 1. The SMILES string of the molecule is Cc1cc(C)c(CNC(C)c2ccco2)cc1C. The van der Waals surface area contributed by atoms with E-state index in [0.29, 0.717) is 0 Å². The second kappa shape index (κ2) is 5.40. The molecule has 0 saturated carbocycles. The molecule has 1 aromatic carbocycles. The van der Waals surface area contributed by atoms with Crippen molar-refractivity contribution in [2.24, 2.45) is 0 Å². The van der Waals surface area contributed by atoms with Gasteiger partial charge in [0.15, 0.2) is 0 Å². The normalized spacial score (nSPS) is 12.7. The molecule has 1 aromatic heterocycles. The fraction of sp³-hybridized carbons (Fsp3) is 0.375. The van der Waals surface area contributed by atoms with Gasteiger partial charge in [0.05, 0.1) is 12.3 Å². The van der Waals surface area contributed by atoms with Gasteiger partial charge in [0.2, 0.25) is 0 Å². The molecule has 0 amide bonds. The van der Waals surface area contributed by atoms with Gasteiger partial charge in [-0.2, -0.15) is 0 Å². The Morgan fingerprint density at radius 1 is 1.11 bits per heavy atom. The van der Waals surface area contributed by atoms with Crippen molar-refractivity contribution in [2.75, 3.05) is 0 Å². The molecule has 0 aliphatic rings. The summed E-state index contributed by atoms with van der Waals surface area (Å²) in [7, 11) is 0. The van der Waals surface area contributed by atoms with E-state index >= 15 is 0 Å². The van der Waals surface area contributed by atoms with E-state index in [-0.39, 0.29) is 6.04 Å². The topological polar surface area (TPSA) is 25.2 Å². The molecule has 0 aliphatic carbocycles. The highest BCUT2D eigenvalue weighted by atomic mass is 16.3. The minimum atomic E-state index is 0.237. The number of aryl methyl sites for hydroxylation is 3. The van der Waals surface area contributed by atoms with Crippen LogP contribution in [0.4, 0.5) is 0 Å². The quantitative estimate of drug-likeness (QED) is 0.876. The number of hydrogen-bond donors (Lipinski definition) is 1. The van der Waals surface area contributed by atoms with Gasteiger partial charge in [-0.15, -0.1) is 0 Å². The molecule has 0 spiro atoms. The van der Waals surface area contributed by atoms with Crippen LogP contribution in [0.1, 0.15) is 41.0 Å². The van der Waals surface area contributed by atoms with Crippen LogP contribution in [-0.4, -0.2) is 0 Å². The predicted molar refractivity (Wildman–Crippen MR) is 74.6 cm³/mol. The average molecular weight is 243 g/mol. The van der Waals surface area contributed by atoms with E-state index in [1.807, 2.05) is 12.1 Å². The van der Waals surface area contributed by atoms with Crippen molar-refractivity contribution in [1.29, 1.82) is 0 Å². The molecule has 0 aliphatic heterocycles. The Hall–Kier alpha value is -1.54. The van der Waals surface area contributed by atoms with E-state index in [4.69, 9.17) is 4.42 Å².